The maximum atomic E-state index is 14.6. The van der Waals surface area contributed by atoms with Crippen molar-refractivity contribution in [3.05, 3.63) is 58.8 Å². The van der Waals surface area contributed by atoms with Crippen LogP contribution in [-0.2, 0) is 43.0 Å². The molecule has 46 heavy (non-hydrogen) atoms. The number of ether oxygens (including phenoxy) is 4. The van der Waals surface area contributed by atoms with Crippen molar-refractivity contribution >= 4 is 11.9 Å². The highest BCUT2D eigenvalue weighted by atomic mass is 19.4. The second-order valence-corrected chi connectivity index (χ2v) is 13.6. The van der Waals surface area contributed by atoms with Crippen molar-refractivity contribution in [2.75, 3.05) is 20.3 Å². The van der Waals surface area contributed by atoms with Gasteiger partial charge >= 0.3 is 12.1 Å². The van der Waals surface area contributed by atoms with E-state index in [1.807, 2.05) is 45.0 Å². The summed E-state index contributed by atoms with van der Waals surface area (Å²) in [5.41, 5.74) is 0.383. The molecule has 8 nitrogen and oxygen atoms in total. The zero-order valence-electron chi connectivity index (χ0n) is 27.9. The SMILES string of the molecule is CCOC(=O)[C@@H]1[C@@H](C(C)(C)C)[C@H](OCc2cc(C(F)(F)F)cnc2OC)[C@H](c2ccccc2CC(C)C)N1C(=O)[C@@H]1CCCCO1. The third-order valence-corrected chi connectivity index (χ3v) is 8.72. The summed E-state index contributed by atoms with van der Waals surface area (Å²) in [4.78, 5) is 34.0. The molecule has 0 aliphatic carbocycles. The van der Waals surface area contributed by atoms with E-state index in [2.05, 4.69) is 18.8 Å². The number of nitrogens with zero attached hydrogens (tertiary/aromatic N) is 2. The van der Waals surface area contributed by atoms with Gasteiger partial charge in [-0.3, -0.25) is 4.79 Å². The van der Waals surface area contributed by atoms with E-state index in [9.17, 15) is 22.8 Å². The van der Waals surface area contributed by atoms with Gasteiger partial charge < -0.3 is 23.8 Å². The van der Waals surface area contributed by atoms with Gasteiger partial charge in [0, 0.05) is 24.3 Å². The topological polar surface area (TPSA) is 87.2 Å². The second-order valence-electron chi connectivity index (χ2n) is 13.6. The average molecular weight is 649 g/mol. The molecule has 0 radical (unpaired) electrons. The van der Waals surface area contributed by atoms with Gasteiger partial charge in [-0.05, 0) is 61.1 Å². The van der Waals surface area contributed by atoms with E-state index in [0.717, 1.165) is 36.2 Å². The first-order chi connectivity index (χ1) is 21.7. The molecule has 0 bridgehead atoms. The number of hydrogen-bond acceptors (Lipinski definition) is 7. The summed E-state index contributed by atoms with van der Waals surface area (Å²) in [5, 5.41) is 0. The predicted octanol–water partition coefficient (Wildman–Crippen LogP) is 6.94. The lowest BCUT2D eigenvalue weighted by atomic mass is 9.73. The Bertz CT molecular complexity index is 1350. The van der Waals surface area contributed by atoms with E-state index in [1.54, 1.807) is 11.8 Å². The zero-order valence-corrected chi connectivity index (χ0v) is 27.9. The van der Waals surface area contributed by atoms with Crippen LogP contribution in [0, 0.1) is 17.3 Å². The van der Waals surface area contributed by atoms with E-state index in [0.29, 0.717) is 19.4 Å². The Kier molecular flexibility index (Phi) is 11.4. The number of likely N-dealkylation sites (tertiary alicyclic amines) is 1. The number of carbonyl (C=O) groups excluding carboxylic acids is 2. The van der Waals surface area contributed by atoms with Crippen LogP contribution in [0.3, 0.4) is 0 Å². The maximum Gasteiger partial charge on any atom is 0.417 e. The van der Waals surface area contributed by atoms with Crippen molar-refractivity contribution in [2.24, 2.45) is 17.3 Å². The van der Waals surface area contributed by atoms with Crippen molar-refractivity contribution in [3.8, 4) is 5.88 Å². The van der Waals surface area contributed by atoms with Gasteiger partial charge in [0.1, 0.15) is 12.1 Å². The van der Waals surface area contributed by atoms with Gasteiger partial charge in [-0.25, -0.2) is 9.78 Å². The highest BCUT2D eigenvalue weighted by molar-refractivity contribution is 5.89. The number of rotatable bonds is 10. The molecule has 0 saturated carbocycles. The molecule has 254 valence electrons. The van der Waals surface area contributed by atoms with Gasteiger partial charge in [0.25, 0.3) is 5.91 Å². The minimum atomic E-state index is -4.62. The van der Waals surface area contributed by atoms with Gasteiger partial charge in [0.15, 0.2) is 0 Å². The number of aromatic nitrogens is 1. The first-order valence-electron chi connectivity index (χ1n) is 16.1. The van der Waals surface area contributed by atoms with Gasteiger partial charge in [-0.1, -0.05) is 58.9 Å². The van der Waals surface area contributed by atoms with Crippen LogP contribution < -0.4 is 4.74 Å². The Morgan fingerprint density at radius 2 is 1.83 bits per heavy atom. The first kappa shape index (κ1) is 35.7. The molecule has 2 aliphatic heterocycles. The maximum absolute atomic E-state index is 14.6. The van der Waals surface area contributed by atoms with Gasteiger partial charge in [0.05, 0.1) is 38.0 Å². The number of carbonyl (C=O) groups is 2. The molecule has 1 aromatic heterocycles. The lowest BCUT2D eigenvalue weighted by Crippen LogP contribution is -2.51. The standard InChI is InChI=1S/C35H47F3N2O6/c1-8-44-33(42)29-27(34(4,5)6)30(46-20-23-18-24(35(36,37)38)19-39-31(23)43-7)28(25-14-10-9-13-22(25)17-21(2)3)40(29)32(41)26-15-11-12-16-45-26/h9-10,13-14,18-19,21,26-30H,8,11-12,15-17,20H2,1-7H3/t26-,27+,28-,29-,30-/m0/s1. The van der Waals surface area contributed by atoms with Crippen LogP contribution in [0.5, 0.6) is 5.88 Å². The molecule has 0 spiro atoms. The lowest BCUT2D eigenvalue weighted by Gasteiger charge is -2.36. The third kappa shape index (κ3) is 7.85. The minimum absolute atomic E-state index is 0.000504. The highest BCUT2D eigenvalue weighted by Crippen LogP contribution is 2.51. The fourth-order valence-corrected chi connectivity index (χ4v) is 6.81. The van der Waals surface area contributed by atoms with Crippen molar-refractivity contribution < 1.29 is 41.7 Å². The molecule has 2 fully saturated rings. The number of esters is 1. The highest BCUT2D eigenvalue weighted by Gasteiger charge is 2.60. The number of halogens is 3. The number of pyridine rings is 1. The van der Waals surface area contributed by atoms with E-state index in [4.69, 9.17) is 18.9 Å². The van der Waals surface area contributed by atoms with Crippen LogP contribution >= 0.6 is 0 Å². The molecule has 0 N–H and O–H groups in total. The van der Waals surface area contributed by atoms with Crippen LogP contribution in [0.4, 0.5) is 13.2 Å². The van der Waals surface area contributed by atoms with E-state index >= 15 is 0 Å². The predicted molar refractivity (Wildman–Crippen MR) is 166 cm³/mol. The number of benzene rings is 1. The summed E-state index contributed by atoms with van der Waals surface area (Å²) < 4.78 is 64.6. The molecule has 1 aromatic carbocycles. The average Bonchev–Trinajstić information content (AvgIpc) is 3.35. The Hall–Kier alpha value is -3.18. The number of alkyl halides is 3. The smallest absolute Gasteiger partial charge is 0.417 e. The molecule has 5 atom stereocenters. The monoisotopic (exact) mass is 648 g/mol. The summed E-state index contributed by atoms with van der Waals surface area (Å²) >= 11 is 0. The molecule has 1 amide bonds. The second kappa shape index (κ2) is 14.7. The quantitative estimate of drug-likeness (QED) is 0.258. The third-order valence-electron chi connectivity index (χ3n) is 8.72. The number of methoxy groups -OCH3 is 1. The molecule has 3 heterocycles. The Balaban J connectivity index is 1.92. The molecule has 2 aliphatic rings. The minimum Gasteiger partial charge on any atom is -0.481 e. The Labute approximate surface area is 269 Å². The summed E-state index contributed by atoms with van der Waals surface area (Å²) in [6, 6.07) is 6.97. The van der Waals surface area contributed by atoms with Crippen molar-refractivity contribution in [2.45, 2.75) is 104 Å². The fraction of sp³-hybridized carbons (Fsp3) is 0.629. The Morgan fingerprint density at radius 1 is 1.11 bits per heavy atom. The van der Waals surface area contributed by atoms with Crippen LogP contribution in [0.2, 0.25) is 0 Å². The fourth-order valence-electron chi connectivity index (χ4n) is 6.81. The lowest BCUT2D eigenvalue weighted by molar-refractivity contribution is -0.162. The van der Waals surface area contributed by atoms with Gasteiger partial charge in [-0.15, -0.1) is 0 Å². The van der Waals surface area contributed by atoms with Gasteiger partial charge in [0.2, 0.25) is 5.88 Å². The first-order valence-corrected chi connectivity index (χ1v) is 16.1. The summed E-state index contributed by atoms with van der Waals surface area (Å²) in [6.45, 7) is 12.1. The van der Waals surface area contributed by atoms with E-state index < -0.39 is 53.3 Å². The molecular weight excluding hydrogens is 601 g/mol. The number of hydrogen-bond donors (Lipinski definition) is 0. The van der Waals surface area contributed by atoms with Crippen LogP contribution in [-0.4, -0.2) is 60.3 Å². The van der Waals surface area contributed by atoms with Crippen molar-refractivity contribution in [1.82, 2.24) is 9.88 Å². The largest absolute Gasteiger partial charge is 0.481 e. The molecule has 2 aromatic rings. The molecule has 4 rings (SSSR count). The van der Waals surface area contributed by atoms with Gasteiger partial charge in [-0.2, -0.15) is 13.2 Å². The molecule has 11 heteroatoms. The Morgan fingerprint density at radius 3 is 2.41 bits per heavy atom. The summed E-state index contributed by atoms with van der Waals surface area (Å²) in [5.74, 6) is -1.18. The van der Waals surface area contributed by atoms with Crippen LogP contribution in [0.15, 0.2) is 36.5 Å². The molecule has 0 unspecified atom stereocenters. The molecule has 2 saturated heterocycles. The number of amides is 1. The van der Waals surface area contributed by atoms with E-state index in [-0.39, 0.29) is 36.5 Å². The van der Waals surface area contributed by atoms with Crippen LogP contribution in [0.1, 0.15) is 89.1 Å². The zero-order chi connectivity index (χ0) is 33.8. The van der Waals surface area contributed by atoms with Crippen molar-refractivity contribution in [3.63, 3.8) is 0 Å². The molecular formula is C35H47F3N2O6. The van der Waals surface area contributed by atoms with E-state index in [1.165, 1.54) is 7.11 Å². The summed E-state index contributed by atoms with van der Waals surface area (Å²) in [7, 11) is 1.33. The normalized spacial score (nSPS) is 23.9. The summed E-state index contributed by atoms with van der Waals surface area (Å²) in [6.07, 6.45) is -2.56. The van der Waals surface area contributed by atoms with Crippen molar-refractivity contribution in [1.29, 1.82) is 0 Å². The van der Waals surface area contributed by atoms with Crippen LogP contribution in [0.25, 0.3) is 0 Å².